The van der Waals surface area contributed by atoms with Crippen molar-refractivity contribution in [3.8, 4) is 0 Å². The first-order valence-corrected chi connectivity index (χ1v) is 18.4. The van der Waals surface area contributed by atoms with Crippen LogP contribution in [0.5, 0.6) is 0 Å². The van der Waals surface area contributed by atoms with Crippen molar-refractivity contribution >= 4 is 0 Å². The molecule has 0 spiro atoms. The van der Waals surface area contributed by atoms with Gasteiger partial charge in [0.2, 0.25) is 0 Å². The molecule has 8 bridgehead atoms. The van der Waals surface area contributed by atoms with E-state index < -0.39 is 0 Å². The van der Waals surface area contributed by atoms with Crippen LogP contribution < -0.4 is 59.7 Å². The normalized spacial score (nSPS) is 58.3. The third-order valence-electron chi connectivity index (χ3n) is 14.3. The number of hydrogen-bond donors (Lipinski definition) is 11. The van der Waals surface area contributed by atoms with Crippen molar-refractivity contribution in [2.45, 2.75) is 151 Å². The fraction of sp³-hybridized carbons (Fsp3) is 1.00. The van der Waals surface area contributed by atoms with Crippen molar-refractivity contribution in [2.24, 2.45) is 64.5 Å². The predicted molar refractivity (Wildman–Crippen MR) is 167 cm³/mol. The molecular weight excluding hydrogens is 602 g/mol. The molecule has 5 heterocycles. The molecule has 14 N–H and O–H groups in total. The van der Waals surface area contributed by atoms with Gasteiger partial charge < -0.3 is 17.2 Å². The summed E-state index contributed by atoms with van der Waals surface area (Å²) < 4.78 is 0. The van der Waals surface area contributed by atoms with Gasteiger partial charge in [-0.15, -0.1) is 0 Å². The average molecular weight is 661 g/mol. The van der Waals surface area contributed by atoms with E-state index in [1.807, 2.05) is 0 Å². The van der Waals surface area contributed by atoms with Crippen LogP contribution in [-0.2, 0) is 17.1 Å². The van der Waals surface area contributed by atoms with Gasteiger partial charge in [-0.3, -0.25) is 42.5 Å². The zero-order chi connectivity index (χ0) is 28.8. The fourth-order valence-corrected chi connectivity index (χ4v) is 12.2. The second-order valence-electron chi connectivity index (χ2n) is 16.3. The van der Waals surface area contributed by atoms with Crippen LogP contribution in [-0.4, -0.2) is 67.5 Å². The molecular formula is C32H59CuN11. The van der Waals surface area contributed by atoms with Gasteiger partial charge >= 0.3 is 0 Å². The maximum absolute atomic E-state index is 6.98. The second kappa shape index (κ2) is 12.5. The summed E-state index contributed by atoms with van der Waals surface area (Å²) in [4.78, 5) is 0. The number of rotatable bonds is 0. The molecule has 19 unspecified atom stereocenters. The van der Waals surface area contributed by atoms with Crippen LogP contribution in [0.15, 0.2) is 0 Å². The summed E-state index contributed by atoms with van der Waals surface area (Å²) in [6.07, 6.45) is 19.1. The van der Waals surface area contributed by atoms with Gasteiger partial charge in [-0.05, 0) is 86.4 Å². The third kappa shape index (κ3) is 5.18. The second-order valence-corrected chi connectivity index (χ2v) is 16.3. The van der Waals surface area contributed by atoms with E-state index in [0.29, 0.717) is 66.1 Å². The van der Waals surface area contributed by atoms with Crippen LogP contribution >= 0.6 is 0 Å². The standard InChI is InChI=1S/C32H59N11.Cu/c33-21-13-20-22(24(35)23(21)34)32-42-30-19-12-6-5-11-18(19)28(40-30)38-26-15-8-2-1-7-14(15)25(36-26)37-27-16-9-3-4-10-17(16)29(39-27)41-31(20)43-32;/h14-32,36-43H,1-13,33-35H2;. The molecule has 12 heteroatoms. The van der Waals surface area contributed by atoms with Gasteiger partial charge in [0.25, 0.3) is 0 Å². The Morgan fingerprint density at radius 2 is 0.614 bits per heavy atom. The summed E-state index contributed by atoms with van der Waals surface area (Å²) in [5.41, 5.74) is 20.3. The Bertz CT molecular complexity index is 1020. The molecule has 0 amide bonds. The minimum atomic E-state index is -0.167. The molecule has 9 fully saturated rings. The molecule has 253 valence electrons. The molecule has 4 saturated carbocycles. The number of nitrogens with one attached hydrogen (secondary N) is 8. The maximum Gasteiger partial charge on any atom is 0.0644 e. The van der Waals surface area contributed by atoms with E-state index in [1.54, 1.807) is 0 Å². The zero-order valence-corrected chi connectivity index (χ0v) is 27.1. The monoisotopic (exact) mass is 660 g/mol. The largest absolute Gasteiger partial charge is 0.326 e. The van der Waals surface area contributed by atoms with Crippen molar-refractivity contribution < 1.29 is 17.1 Å². The molecule has 9 aliphatic rings. The topological polar surface area (TPSA) is 174 Å². The van der Waals surface area contributed by atoms with Gasteiger partial charge in [-0.2, -0.15) is 0 Å². The Kier molecular flexibility index (Phi) is 8.92. The first-order chi connectivity index (χ1) is 21.0. The van der Waals surface area contributed by atoms with Gasteiger partial charge in [0.15, 0.2) is 0 Å². The van der Waals surface area contributed by atoms with Crippen LogP contribution in [0.4, 0.5) is 0 Å². The molecule has 9 rings (SSSR count). The van der Waals surface area contributed by atoms with Crippen molar-refractivity contribution in [1.82, 2.24) is 42.5 Å². The van der Waals surface area contributed by atoms with Crippen LogP contribution in [0.1, 0.15) is 83.5 Å². The van der Waals surface area contributed by atoms with E-state index in [0.717, 1.165) is 6.42 Å². The van der Waals surface area contributed by atoms with Gasteiger partial charge in [0.1, 0.15) is 0 Å². The SMILES string of the molecule is NC1CC2C3NC4NC(NC5NC(NC6NC(NC(N3)C2C(N)C1N)C1CCCCC61)C1CCCCC51)C1CCCCC41.[Cu]. The van der Waals surface area contributed by atoms with Crippen LogP contribution in [0.2, 0.25) is 0 Å². The fourth-order valence-electron chi connectivity index (χ4n) is 12.2. The average Bonchev–Trinajstić information content (AvgIpc) is 3.75. The van der Waals surface area contributed by atoms with Crippen LogP contribution in [0.3, 0.4) is 0 Å². The Labute approximate surface area is 274 Å². The van der Waals surface area contributed by atoms with Crippen molar-refractivity contribution in [2.75, 3.05) is 0 Å². The number of fused-ring (bicyclic) bond motifs is 20. The van der Waals surface area contributed by atoms with Crippen molar-refractivity contribution in [3.05, 3.63) is 0 Å². The third-order valence-corrected chi connectivity index (χ3v) is 14.3. The summed E-state index contributed by atoms with van der Waals surface area (Å²) in [7, 11) is 0. The summed E-state index contributed by atoms with van der Waals surface area (Å²) >= 11 is 0. The molecule has 4 aliphatic carbocycles. The van der Waals surface area contributed by atoms with Crippen LogP contribution in [0.25, 0.3) is 0 Å². The quantitative estimate of drug-likeness (QED) is 0.150. The molecule has 0 aromatic rings. The van der Waals surface area contributed by atoms with E-state index in [9.17, 15) is 0 Å². The summed E-state index contributed by atoms with van der Waals surface area (Å²) in [6, 6.07) is -0.351. The number of nitrogens with two attached hydrogens (primary N) is 3. The van der Waals surface area contributed by atoms with Crippen LogP contribution in [0, 0.1) is 47.3 Å². The first kappa shape index (κ1) is 31.4. The van der Waals surface area contributed by atoms with Crippen molar-refractivity contribution in [1.29, 1.82) is 0 Å². The molecule has 19 atom stereocenters. The van der Waals surface area contributed by atoms with E-state index in [-0.39, 0.29) is 65.8 Å². The molecule has 1 radical (unpaired) electrons. The summed E-state index contributed by atoms with van der Waals surface area (Å²) in [6.45, 7) is 0. The molecule has 0 aromatic carbocycles. The van der Waals surface area contributed by atoms with Gasteiger partial charge in [-0.1, -0.05) is 38.5 Å². The molecule has 0 aromatic heterocycles. The van der Waals surface area contributed by atoms with Gasteiger partial charge in [-0.25, -0.2) is 0 Å². The van der Waals surface area contributed by atoms with E-state index in [1.165, 1.54) is 77.0 Å². The van der Waals surface area contributed by atoms with Crippen molar-refractivity contribution in [3.63, 3.8) is 0 Å². The molecule has 11 nitrogen and oxygen atoms in total. The first-order valence-electron chi connectivity index (χ1n) is 18.4. The summed E-state index contributed by atoms with van der Waals surface area (Å²) in [5, 5.41) is 33.2. The molecule has 44 heavy (non-hydrogen) atoms. The minimum Gasteiger partial charge on any atom is -0.326 e. The van der Waals surface area contributed by atoms with E-state index in [2.05, 4.69) is 42.5 Å². The van der Waals surface area contributed by atoms with E-state index in [4.69, 9.17) is 17.2 Å². The van der Waals surface area contributed by atoms with Gasteiger partial charge in [0, 0.05) is 41.1 Å². The minimum absolute atomic E-state index is 0. The molecule has 5 aliphatic heterocycles. The Morgan fingerprint density at radius 3 is 0.932 bits per heavy atom. The Balaban J connectivity index is 0.00000289. The Hall–Kier alpha value is 0.0795. The smallest absolute Gasteiger partial charge is 0.0644 e. The van der Waals surface area contributed by atoms with Gasteiger partial charge in [0.05, 0.1) is 49.3 Å². The Morgan fingerprint density at radius 1 is 0.341 bits per heavy atom. The van der Waals surface area contributed by atoms with E-state index >= 15 is 0 Å². The molecule has 5 saturated heterocycles. The zero-order valence-electron chi connectivity index (χ0n) is 26.2. The predicted octanol–water partition coefficient (Wildman–Crippen LogP) is -0.585. The maximum atomic E-state index is 6.98. The number of hydrogen-bond acceptors (Lipinski definition) is 11. The summed E-state index contributed by atoms with van der Waals surface area (Å²) in [5.74, 6) is 4.57.